The van der Waals surface area contributed by atoms with E-state index in [1.807, 2.05) is 30.5 Å². The number of thioether (sulfide) groups is 1. The van der Waals surface area contributed by atoms with Crippen LogP contribution in [0.2, 0.25) is 0 Å². The predicted octanol–water partition coefficient (Wildman–Crippen LogP) is 4.03. The van der Waals surface area contributed by atoms with Gasteiger partial charge in [0.25, 0.3) is 0 Å². The van der Waals surface area contributed by atoms with Gasteiger partial charge in [0, 0.05) is 11.0 Å². The highest BCUT2D eigenvalue weighted by atomic mass is 32.2. The van der Waals surface area contributed by atoms with Crippen LogP contribution in [0.5, 0.6) is 0 Å². The monoisotopic (exact) mass is 331 g/mol. The molecule has 2 aromatic rings. The topological polar surface area (TPSA) is 38.7 Å². The van der Waals surface area contributed by atoms with Crippen LogP contribution in [-0.2, 0) is 9.53 Å². The highest BCUT2D eigenvalue weighted by Crippen LogP contribution is 2.22. The second kappa shape index (κ2) is 6.34. The summed E-state index contributed by atoms with van der Waals surface area (Å²) in [5, 5.41) is 0. The molecule has 1 heterocycles. The summed E-state index contributed by atoms with van der Waals surface area (Å²) < 4.78 is 31.6. The van der Waals surface area contributed by atoms with Crippen LogP contribution in [0.25, 0.3) is 6.08 Å². The van der Waals surface area contributed by atoms with Gasteiger partial charge in [0.05, 0.1) is 5.56 Å². The van der Waals surface area contributed by atoms with Crippen molar-refractivity contribution in [2.75, 3.05) is 6.26 Å². The molecule has 2 aromatic carbocycles. The summed E-state index contributed by atoms with van der Waals surface area (Å²) in [5.74, 6) is -2.37. The summed E-state index contributed by atoms with van der Waals surface area (Å²) in [7, 11) is 0. The molecule has 0 atom stereocenters. The lowest BCUT2D eigenvalue weighted by atomic mass is 10.2. The summed E-state index contributed by atoms with van der Waals surface area (Å²) in [4.78, 5) is 17.0. The number of carbonyl (C=O) groups excluding carboxylic acids is 1. The van der Waals surface area contributed by atoms with E-state index in [4.69, 9.17) is 4.74 Å². The van der Waals surface area contributed by atoms with Crippen LogP contribution in [-0.4, -0.2) is 18.1 Å². The van der Waals surface area contributed by atoms with Crippen molar-refractivity contribution >= 4 is 29.7 Å². The van der Waals surface area contributed by atoms with Crippen LogP contribution in [0.15, 0.2) is 58.0 Å². The number of carbonyl (C=O) groups is 1. The molecule has 1 aliphatic rings. The van der Waals surface area contributed by atoms with Crippen LogP contribution >= 0.6 is 11.8 Å². The SMILES string of the molecule is CSc1ccc(C=C2N=C(c3ccc(F)cc3F)OC2=O)cc1. The van der Waals surface area contributed by atoms with E-state index >= 15 is 0 Å². The Morgan fingerprint density at radius 3 is 2.52 bits per heavy atom. The molecule has 3 rings (SSSR count). The average molecular weight is 331 g/mol. The van der Waals surface area contributed by atoms with E-state index < -0.39 is 17.6 Å². The van der Waals surface area contributed by atoms with Gasteiger partial charge in [0.1, 0.15) is 11.6 Å². The van der Waals surface area contributed by atoms with Gasteiger partial charge in [-0.15, -0.1) is 11.8 Å². The quantitative estimate of drug-likeness (QED) is 0.484. The molecule has 23 heavy (non-hydrogen) atoms. The zero-order valence-corrected chi connectivity index (χ0v) is 12.9. The van der Waals surface area contributed by atoms with Gasteiger partial charge in [-0.1, -0.05) is 12.1 Å². The third kappa shape index (κ3) is 3.32. The maximum absolute atomic E-state index is 13.7. The zero-order valence-electron chi connectivity index (χ0n) is 12.0. The number of rotatable bonds is 3. The van der Waals surface area contributed by atoms with E-state index in [0.717, 1.165) is 16.5 Å². The van der Waals surface area contributed by atoms with Crippen LogP contribution in [0, 0.1) is 11.6 Å². The van der Waals surface area contributed by atoms with Crippen molar-refractivity contribution in [2.24, 2.45) is 4.99 Å². The number of benzene rings is 2. The Morgan fingerprint density at radius 2 is 1.87 bits per heavy atom. The molecule has 6 heteroatoms. The molecular formula is C17H11F2NO2S. The van der Waals surface area contributed by atoms with Crippen molar-refractivity contribution in [3.8, 4) is 0 Å². The Bertz CT molecular complexity index is 829. The molecule has 0 saturated carbocycles. The van der Waals surface area contributed by atoms with Crippen molar-refractivity contribution < 1.29 is 18.3 Å². The summed E-state index contributed by atoms with van der Waals surface area (Å²) in [5.41, 5.74) is 0.792. The number of ether oxygens (including phenoxy) is 1. The molecule has 0 aliphatic carbocycles. The Labute approximate surface area is 135 Å². The number of esters is 1. The van der Waals surface area contributed by atoms with Gasteiger partial charge in [-0.25, -0.2) is 18.6 Å². The Balaban J connectivity index is 1.92. The number of halogens is 2. The third-order valence-corrected chi connectivity index (χ3v) is 3.94. The fourth-order valence-electron chi connectivity index (χ4n) is 2.05. The molecular weight excluding hydrogens is 320 g/mol. The fraction of sp³-hybridized carbons (Fsp3) is 0.0588. The van der Waals surface area contributed by atoms with Crippen molar-refractivity contribution in [1.29, 1.82) is 0 Å². The first-order valence-electron chi connectivity index (χ1n) is 6.69. The largest absolute Gasteiger partial charge is 0.402 e. The summed E-state index contributed by atoms with van der Waals surface area (Å²) in [6, 6.07) is 10.5. The highest BCUT2D eigenvalue weighted by Gasteiger charge is 2.26. The molecule has 0 radical (unpaired) electrons. The van der Waals surface area contributed by atoms with Gasteiger partial charge in [-0.3, -0.25) is 0 Å². The smallest absolute Gasteiger partial charge is 0.363 e. The van der Waals surface area contributed by atoms with Crippen molar-refractivity contribution in [2.45, 2.75) is 4.90 Å². The van der Waals surface area contributed by atoms with Crippen LogP contribution in [0.3, 0.4) is 0 Å². The van der Waals surface area contributed by atoms with E-state index in [1.165, 1.54) is 6.07 Å². The van der Waals surface area contributed by atoms with Crippen molar-refractivity contribution in [3.63, 3.8) is 0 Å². The second-order valence-electron chi connectivity index (χ2n) is 4.73. The van der Waals surface area contributed by atoms with Crippen molar-refractivity contribution in [1.82, 2.24) is 0 Å². The van der Waals surface area contributed by atoms with E-state index in [2.05, 4.69) is 4.99 Å². The van der Waals surface area contributed by atoms with E-state index in [0.29, 0.717) is 6.07 Å². The highest BCUT2D eigenvalue weighted by molar-refractivity contribution is 7.98. The number of cyclic esters (lactones) is 1. The van der Waals surface area contributed by atoms with Gasteiger partial charge in [0.15, 0.2) is 5.70 Å². The second-order valence-corrected chi connectivity index (χ2v) is 5.61. The lowest BCUT2D eigenvalue weighted by molar-refractivity contribution is -0.129. The van der Waals surface area contributed by atoms with E-state index in [9.17, 15) is 13.6 Å². The van der Waals surface area contributed by atoms with Gasteiger partial charge in [0.2, 0.25) is 5.90 Å². The molecule has 0 unspecified atom stereocenters. The molecule has 0 amide bonds. The summed E-state index contributed by atoms with van der Waals surface area (Å²) in [6.07, 6.45) is 3.52. The van der Waals surface area contributed by atoms with E-state index in [1.54, 1.807) is 17.8 Å². The molecule has 0 saturated heterocycles. The lowest BCUT2D eigenvalue weighted by Crippen LogP contribution is -2.07. The molecule has 3 nitrogen and oxygen atoms in total. The predicted molar refractivity (Wildman–Crippen MR) is 85.2 cm³/mol. The first-order valence-corrected chi connectivity index (χ1v) is 7.91. The van der Waals surface area contributed by atoms with Gasteiger partial charge in [-0.05, 0) is 42.2 Å². The minimum Gasteiger partial charge on any atom is -0.402 e. The minimum atomic E-state index is -0.831. The minimum absolute atomic E-state index is 0.0547. The molecule has 116 valence electrons. The van der Waals surface area contributed by atoms with Crippen LogP contribution < -0.4 is 0 Å². The normalized spacial score (nSPS) is 15.7. The first-order chi connectivity index (χ1) is 11.1. The zero-order chi connectivity index (χ0) is 16.4. The molecule has 0 spiro atoms. The fourth-order valence-corrected chi connectivity index (χ4v) is 2.45. The molecule has 0 N–H and O–H groups in total. The van der Waals surface area contributed by atoms with Crippen LogP contribution in [0.4, 0.5) is 8.78 Å². The standard InChI is InChI=1S/C17H11F2NO2S/c1-23-12-5-2-10(3-6-12)8-15-17(21)22-16(20-15)13-7-4-11(18)9-14(13)19/h2-9H,1H3. The Kier molecular flexibility index (Phi) is 4.25. The number of hydrogen-bond donors (Lipinski definition) is 0. The Hall–Kier alpha value is -2.47. The van der Waals surface area contributed by atoms with Crippen molar-refractivity contribution in [3.05, 3.63) is 70.9 Å². The third-order valence-electron chi connectivity index (χ3n) is 3.20. The molecule has 0 fully saturated rings. The Morgan fingerprint density at radius 1 is 1.13 bits per heavy atom. The summed E-state index contributed by atoms with van der Waals surface area (Å²) >= 11 is 1.61. The summed E-state index contributed by atoms with van der Waals surface area (Å²) in [6.45, 7) is 0. The first kappa shape index (κ1) is 15.4. The maximum Gasteiger partial charge on any atom is 0.363 e. The van der Waals surface area contributed by atoms with Gasteiger partial charge in [-0.2, -0.15) is 0 Å². The number of aliphatic imine (C=N–C) groups is 1. The van der Waals surface area contributed by atoms with E-state index in [-0.39, 0.29) is 17.2 Å². The van der Waals surface area contributed by atoms with Gasteiger partial charge < -0.3 is 4.74 Å². The van der Waals surface area contributed by atoms with Crippen LogP contribution in [0.1, 0.15) is 11.1 Å². The molecule has 0 bridgehead atoms. The number of nitrogens with zero attached hydrogens (tertiary/aromatic N) is 1. The molecule has 0 aromatic heterocycles. The van der Waals surface area contributed by atoms with Gasteiger partial charge >= 0.3 is 5.97 Å². The molecule has 1 aliphatic heterocycles. The maximum atomic E-state index is 13.7. The lowest BCUT2D eigenvalue weighted by Gasteiger charge is -2.00. The number of hydrogen-bond acceptors (Lipinski definition) is 4. The average Bonchev–Trinajstić information content (AvgIpc) is 2.88.